The summed E-state index contributed by atoms with van der Waals surface area (Å²) in [5, 5.41) is 3.18. The van der Waals surface area contributed by atoms with Crippen LogP contribution in [0, 0.1) is 0 Å². The molecule has 3 aromatic carbocycles. The Bertz CT molecular complexity index is 1180. The van der Waals surface area contributed by atoms with Crippen LogP contribution in [0.1, 0.15) is 48.4 Å². The van der Waals surface area contributed by atoms with Gasteiger partial charge in [-0.2, -0.15) is 0 Å². The number of benzene rings is 3. The van der Waals surface area contributed by atoms with Gasteiger partial charge in [0.1, 0.15) is 17.2 Å². The number of nitrogens with zero attached hydrogens (tertiary/aromatic N) is 2. The third-order valence-corrected chi connectivity index (χ3v) is 5.81. The lowest BCUT2D eigenvalue weighted by atomic mass is 10.1. The first-order chi connectivity index (χ1) is 15.6. The van der Waals surface area contributed by atoms with E-state index in [1.807, 2.05) is 72.2 Å². The predicted molar refractivity (Wildman–Crippen MR) is 130 cm³/mol. The number of carbonyl (C=O) groups excluding carboxylic acids is 1. The molecule has 0 bridgehead atoms. The maximum absolute atomic E-state index is 13.6. The minimum atomic E-state index is -0.118. The molecule has 0 spiro atoms. The molecule has 32 heavy (non-hydrogen) atoms. The molecule has 1 aromatic heterocycles. The van der Waals surface area contributed by atoms with Crippen LogP contribution < -0.4 is 5.32 Å². The Labute approximate surface area is 190 Å². The van der Waals surface area contributed by atoms with Gasteiger partial charge in [-0.05, 0) is 31.4 Å². The maximum Gasteiger partial charge on any atom is 0.270 e. The second kappa shape index (κ2) is 9.65. The molecule has 1 heterocycles. The highest BCUT2D eigenvalue weighted by Crippen LogP contribution is 2.30. The van der Waals surface area contributed by atoms with Gasteiger partial charge in [0, 0.05) is 17.7 Å². The van der Waals surface area contributed by atoms with Gasteiger partial charge < -0.3 is 9.88 Å². The van der Waals surface area contributed by atoms with Crippen molar-refractivity contribution in [3.8, 4) is 22.6 Å². The molecular formula is C28H29N3O. The molecule has 0 radical (unpaired) electrons. The third kappa shape index (κ3) is 4.35. The topological polar surface area (TPSA) is 46.9 Å². The SMILES string of the molecule is CCc1ccc(-c2nc(-c3ccccc3)n(CC)c2C(=O)NC(C)c2ccccc2)cc1. The summed E-state index contributed by atoms with van der Waals surface area (Å²) in [5.74, 6) is 0.688. The van der Waals surface area contributed by atoms with E-state index >= 15 is 0 Å². The first-order valence-electron chi connectivity index (χ1n) is 11.2. The summed E-state index contributed by atoms with van der Waals surface area (Å²) >= 11 is 0. The molecule has 1 amide bonds. The van der Waals surface area contributed by atoms with Crippen molar-refractivity contribution in [2.24, 2.45) is 0 Å². The Morgan fingerprint density at radius 1 is 0.875 bits per heavy atom. The number of hydrogen-bond donors (Lipinski definition) is 1. The van der Waals surface area contributed by atoms with Crippen LogP contribution in [0.25, 0.3) is 22.6 Å². The molecule has 1 atom stereocenters. The molecule has 4 rings (SSSR count). The molecular weight excluding hydrogens is 394 g/mol. The van der Waals surface area contributed by atoms with Gasteiger partial charge >= 0.3 is 0 Å². The first kappa shape index (κ1) is 21.6. The van der Waals surface area contributed by atoms with Crippen molar-refractivity contribution in [1.29, 1.82) is 0 Å². The van der Waals surface area contributed by atoms with E-state index in [2.05, 4.69) is 43.4 Å². The van der Waals surface area contributed by atoms with Gasteiger partial charge in [-0.15, -0.1) is 0 Å². The van der Waals surface area contributed by atoms with Crippen molar-refractivity contribution in [1.82, 2.24) is 14.9 Å². The number of aromatic nitrogens is 2. The van der Waals surface area contributed by atoms with E-state index < -0.39 is 0 Å². The maximum atomic E-state index is 13.6. The van der Waals surface area contributed by atoms with E-state index in [4.69, 9.17) is 4.98 Å². The summed E-state index contributed by atoms with van der Waals surface area (Å²) in [5.41, 5.74) is 5.58. The highest BCUT2D eigenvalue weighted by molar-refractivity contribution is 5.99. The Morgan fingerprint density at radius 3 is 2.09 bits per heavy atom. The van der Waals surface area contributed by atoms with Crippen LogP contribution in [0.5, 0.6) is 0 Å². The Morgan fingerprint density at radius 2 is 1.50 bits per heavy atom. The summed E-state index contributed by atoms with van der Waals surface area (Å²) < 4.78 is 2.02. The van der Waals surface area contributed by atoms with Gasteiger partial charge in [0.25, 0.3) is 5.91 Å². The summed E-state index contributed by atoms with van der Waals surface area (Å²) in [6.07, 6.45) is 0.973. The van der Waals surface area contributed by atoms with Crippen molar-refractivity contribution >= 4 is 5.91 Å². The van der Waals surface area contributed by atoms with Crippen LogP contribution >= 0.6 is 0 Å². The normalized spacial score (nSPS) is 11.8. The average molecular weight is 424 g/mol. The summed E-state index contributed by atoms with van der Waals surface area (Å²) in [6.45, 7) is 6.84. The lowest BCUT2D eigenvalue weighted by Crippen LogP contribution is -2.29. The highest BCUT2D eigenvalue weighted by atomic mass is 16.2. The van der Waals surface area contributed by atoms with E-state index in [-0.39, 0.29) is 11.9 Å². The van der Waals surface area contributed by atoms with E-state index in [1.54, 1.807) is 0 Å². The zero-order valence-corrected chi connectivity index (χ0v) is 18.9. The van der Waals surface area contributed by atoms with Gasteiger partial charge in [0.15, 0.2) is 0 Å². The Hall–Kier alpha value is -3.66. The number of carbonyl (C=O) groups is 1. The molecule has 0 saturated carbocycles. The van der Waals surface area contributed by atoms with Gasteiger partial charge in [0.2, 0.25) is 0 Å². The van der Waals surface area contributed by atoms with Crippen LogP contribution in [0.4, 0.5) is 0 Å². The molecule has 0 aliphatic rings. The van der Waals surface area contributed by atoms with Crippen molar-refractivity contribution < 1.29 is 4.79 Å². The fraction of sp³-hybridized carbons (Fsp3) is 0.214. The molecule has 1 N–H and O–H groups in total. The van der Waals surface area contributed by atoms with Crippen LogP contribution in [-0.4, -0.2) is 15.5 Å². The zero-order valence-electron chi connectivity index (χ0n) is 18.9. The second-order valence-corrected chi connectivity index (χ2v) is 7.90. The number of nitrogens with one attached hydrogen (secondary N) is 1. The number of aryl methyl sites for hydroxylation is 1. The van der Waals surface area contributed by atoms with Gasteiger partial charge in [-0.3, -0.25) is 4.79 Å². The third-order valence-electron chi connectivity index (χ3n) is 5.81. The molecule has 162 valence electrons. The fourth-order valence-electron chi connectivity index (χ4n) is 3.99. The minimum absolute atomic E-state index is 0.112. The summed E-state index contributed by atoms with van der Waals surface area (Å²) in [7, 11) is 0. The van der Waals surface area contributed by atoms with Crippen molar-refractivity contribution in [2.45, 2.75) is 39.8 Å². The lowest BCUT2D eigenvalue weighted by Gasteiger charge is -2.16. The monoisotopic (exact) mass is 423 g/mol. The number of imidazole rings is 1. The molecule has 4 heteroatoms. The quantitative estimate of drug-likeness (QED) is 0.380. The second-order valence-electron chi connectivity index (χ2n) is 7.90. The number of hydrogen-bond acceptors (Lipinski definition) is 2. The number of rotatable bonds is 7. The highest BCUT2D eigenvalue weighted by Gasteiger charge is 2.25. The van der Waals surface area contributed by atoms with E-state index in [0.717, 1.165) is 28.9 Å². The van der Waals surface area contributed by atoms with Crippen molar-refractivity contribution in [3.05, 3.63) is 102 Å². The van der Waals surface area contributed by atoms with E-state index in [9.17, 15) is 4.79 Å². The molecule has 1 unspecified atom stereocenters. The van der Waals surface area contributed by atoms with Gasteiger partial charge in [-0.1, -0.05) is 91.9 Å². The zero-order chi connectivity index (χ0) is 22.5. The molecule has 4 aromatic rings. The van der Waals surface area contributed by atoms with E-state index in [0.29, 0.717) is 17.9 Å². The van der Waals surface area contributed by atoms with Crippen molar-refractivity contribution in [3.63, 3.8) is 0 Å². The molecule has 0 fully saturated rings. The van der Waals surface area contributed by atoms with Crippen LogP contribution in [0.2, 0.25) is 0 Å². The first-order valence-corrected chi connectivity index (χ1v) is 11.2. The fourth-order valence-corrected chi connectivity index (χ4v) is 3.99. The Balaban J connectivity index is 1.81. The Kier molecular flexibility index (Phi) is 6.50. The molecule has 0 aliphatic heterocycles. The van der Waals surface area contributed by atoms with Crippen LogP contribution in [0.15, 0.2) is 84.9 Å². The number of amides is 1. The van der Waals surface area contributed by atoms with E-state index in [1.165, 1.54) is 5.56 Å². The molecule has 4 nitrogen and oxygen atoms in total. The predicted octanol–water partition coefficient (Wildman–Crippen LogP) is 6.29. The summed E-state index contributed by atoms with van der Waals surface area (Å²) in [4.78, 5) is 18.6. The van der Waals surface area contributed by atoms with Gasteiger partial charge in [0.05, 0.1) is 6.04 Å². The molecule has 0 saturated heterocycles. The lowest BCUT2D eigenvalue weighted by molar-refractivity contribution is 0.0931. The summed E-state index contributed by atoms with van der Waals surface area (Å²) in [6, 6.07) is 28.3. The van der Waals surface area contributed by atoms with Crippen molar-refractivity contribution in [2.75, 3.05) is 0 Å². The van der Waals surface area contributed by atoms with Gasteiger partial charge in [-0.25, -0.2) is 4.98 Å². The van der Waals surface area contributed by atoms with Crippen LogP contribution in [0.3, 0.4) is 0 Å². The van der Waals surface area contributed by atoms with Crippen LogP contribution in [-0.2, 0) is 13.0 Å². The standard InChI is InChI=1S/C28H29N3O/c1-4-21-16-18-23(19-17-21)25-26(28(32)29-20(3)22-12-8-6-9-13-22)31(5-2)27(30-25)24-14-10-7-11-15-24/h6-20H,4-5H2,1-3H3,(H,29,32). The molecule has 0 aliphatic carbocycles. The smallest absolute Gasteiger partial charge is 0.270 e. The largest absolute Gasteiger partial charge is 0.344 e. The minimum Gasteiger partial charge on any atom is -0.344 e. The average Bonchev–Trinajstić information content (AvgIpc) is 3.25.